The lowest BCUT2D eigenvalue weighted by atomic mass is 10.0. The molecule has 1 aliphatic rings. The molecule has 160 valence electrons. The number of furan rings is 1. The van der Waals surface area contributed by atoms with Crippen molar-refractivity contribution in [1.82, 2.24) is 10.2 Å². The topological polar surface area (TPSA) is 83.8 Å². The first-order chi connectivity index (χ1) is 14.5. The van der Waals surface area contributed by atoms with Crippen molar-refractivity contribution in [3.05, 3.63) is 60.1 Å². The molecule has 0 unspecified atom stereocenters. The highest BCUT2D eigenvalue weighted by Crippen LogP contribution is 2.18. The van der Waals surface area contributed by atoms with Gasteiger partial charge in [0, 0.05) is 37.4 Å². The summed E-state index contributed by atoms with van der Waals surface area (Å²) in [7, 11) is 0. The van der Waals surface area contributed by atoms with Gasteiger partial charge >= 0.3 is 0 Å². The number of amides is 2. The minimum atomic E-state index is -0.342. The van der Waals surface area contributed by atoms with E-state index in [1.54, 1.807) is 36.4 Å². The molecule has 2 amide bonds. The summed E-state index contributed by atoms with van der Waals surface area (Å²) in [5.41, 5.74) is 1.89. The maximum absolute atomic E-state index is 12.3. The van der Waals surface area contributed by atoms with Crippen LogP contribution in [0.2, 0.25) is 0 Å². The fourth-order valence-corrected chi connectivity index (χ4v) is 3.25. The summed E-state index contributed by atoms with van der Waals surface area (Å²) in [6.45, 7) is 7.08. The largest absolute Gasteiger partial charge is 0.484 e. The van der Waals surface area contributed by atoms with Gasteiger partial charge in [-0.25, -0.2) is 0 Å². The van der Waals surface area contributed by atoms with Gasteiger partial charge < -0.3 is 19.8 Å². The van der Waals surface area contributed by atoms with Crippen molar-refractivity contribution >= 4 is 17.5 Å². The number of ether oxygens (including phenoxy) is 1. The minimum Gasteiger partial charge on any atom is -0.484 e. The van der Waals surface area contributed by atoms with E-state index in [-0.39, 0.29) is 30.2 Å². The third-order valence-corrected chi connectivity index (χ3v) is 4.92. The van der Waals surface area contributed by atoms with Gasteiger partial charge in [0.15, 0.2) is 12.4 Å². The van der Waals surface area contributed by atoms with Crippen molar-refractivity contribution in [3.63, 3.8) is 0 Å². The van der Waals surface area contributed by atoms with Crippen molar-refractivity contribution in [1.29, 1.82) is 0 Å². The van der Waals surface area contributed by atoms with E-state index in [2.05, 4.69) is 35.5 Å². The van der Waals surface area contributed by atoms with Crippen molar-refractivity contribution in [2.45, 2.75) is 32.7 Å². The van der Waals surface area contributed by atoms with Crippen LogP contribution in [0.4, 0.5) is 5.69 Å². The summed E-state index contributed by atoms with van der Waals surface area (Å²) in [4.78, 5) is 26.7. The van der Waals surface area contributed by atoms with Crippen LogP contribution in [-0.2, 0) is 4.79 Å². The van der Waals surface area contributed by atoms with Crippen LogP contribution in [0, 0.1) is 0 Å². The molecule has 7 nitrogen and oxygen atoms in total. The lowest BCUT2D eigenvalue weighted by molar-refractivity contribution is -0.124. The molecule has 2 N–H and O–H groups in total. The molecule has 0 radical (unpaired) electrons. The number of rotatable bonds is 8. The van der Waals surface area contributed by atoms with Crippen LogP contribution >= 0.6 is 0 Å². The van der Waals surface area contributed by atoms with Crippen molar-refractivity contribution in [2.75, 3.05) is 31.6 Å². The molecule has 0 spiro atoms. The van der Waals surface area contributed by atoms with Crippen LogP contribution in [0.1, 0.15) is 37.2 Å². The van der Waals surface area contributed by atoms with Crippen LogP contribution in [0.5, 0.6) is 5.75 Å². The lowest BCUT2D eigenvalue weighted by Gasteiger charge is -2.31. The average Bonchev–Trinajstić information content (AvgIpc) is 3.27. The summed E-state index contributed by atoms with van der Waals surface area (Å²) in [5.74, 6) is 0.264. The first-order valence-electron chi connectivity index (χ1n) is 10.2. The summed E-state index contributed by atoms with van der Waals surface area (Å²) in [6.07, 6.45) is 5.56. The predicted molar refractivity (Wildman–Crippen MR) is 116 cm³/mol. The van der Waals surface area contributed by atoms with Crippen LogP contribution < -0.4 is 15.4 Å². The van der Waals surface area contributed by atoms with E-state index in [9.17, 15) is 9.59 Å². The number of hydrogen-bond acceptors (Lipinski definition) is 5. The van der Waals surface area contributed by atoms with Gasteiger partial charge in [0.25, 0.3) is 11.8 Å². The number of benzene rings is 1. The van der Waals surface area contributed by atoms with E-state index in [0.29, 0.717) is 11.4 Å². The van der Waals surface area contributed by atoms with Gasteiger partial charge in [-0.2, -0.15) is 0 Å². The van der Waals surface area contributed by atoms with Gasteiger partial charge in [-0.3, -0.25) is 14.5 Å². The second-order valence-corrected chi connectivity index (χ2v) is 7.67. The summed E-state index contributed by atoms with van der Waals surface area (Å²) in [6, 6.07) is 10.4. The molecule has 0 atom stereocenters. The number of allylic oxidation sites excluding steroid dienone is 1. The third kappa shape index (κ3) is 6.77. The number of carbonyl (C=O) groups excluding carboxylic acids is 2. The Morgan fingerprint density at radius 1 is 1.20 bits per heavy atom. The monoisotopic (exact) mass is 411 g/mol. The molecule has 0 bridgehead atoms. The van der Waals surface area contributed by atoms with Gasteiger partial charge in [-0.05, 0) is 51.0 Å². The van der Waals surface area contributed by atoms with Crippen molar-refractivity contribution in [3.8, 4) is 5.75 Å². The quantitative estimate of drug-likeness (QED) is 0.650. The number of nitrogens with zero attached hydrogens (tertiary/aromatic N) is 1. The Labute approximate surface area is 177 Å². The summed E-state index contributed by atoms with van der Waals surface area (Å²) < 4.78 is 10.7. The lowest BCUT2D eigenvalue weighted by Crippen LogP contribution is -2.45. The Kier molecular flexibility index (Phi) is 7.68. The first-order valence-corrected chi connectivity index (χ1v) is 10.2. The number of carbonyl (C=O) groups is 2. The number of anilines is 1. The van der Waals surface area contributed by atoms with Crippen molar-refractivity contribution in [2.24, 2.45) is 0 Å². The molecule has 1 aromatic heterocycles. The van der Waals surface area contributed by atoms with Crippen LogP contribution in [0.3, 0.4) is 0 Å². The fraction of sp³-hybridized carbons (Fsp3) is 0.391. The van der Waals surface area contributed by atoms with Gasteiger partial charge in [-0.1, -0.05) is 17.7 Å². The highest BCUT2D eigenvalue weighted by atomic mass is 16.5. The predicted octanol–water partition coefficient (Wildman–Crippen LogP) is 3.46. The SMILES string of the molecule is CC(C)=CCN1CCC(NC(=O)COc2cccc(NC(=O)c3ccco3)c2)CC1. The van der Waals surface area contributed by atoms with E-state index < -0.39 is 0 Å². The molecule has 1 aliphatic heterocycles. The molecule has 30 heavy (non-hydrogen) atoms. The maximum atomic E-state index is 12.3. The highest BCUT2D eigenvalue weighted by molar-refractivity contribution is 6.02. The summed E-state index contributed by atoms with van der Waals surface area (Å²) >= 11 is 0. The van der Waals surface area contributed by atoms with Crippen LogP contribution in [0.25, 0.3) is 0 Å². The van der Waals surface area contributed by atoms with Gasteiger partial charge in [0.1, 0.15) is 5.75 Å². The Morgan fingerprint density at radius 3 is 2.70 bits per heavy atom. The Balaban J connectivity index is 1.41. The van der Waals surface area contributed by atoms with E-state index in [0.717, 1.165) is 32.5 Å². The molecule has 0 saturated carbocycles. The number of piperidine rings is 1. The normalized spacial score (nSPS) is 14.7. The molecule has 1 aromatic carbocycles. The second-order valence-electron chi connectivity index (χ2n) is 7.67. The second kappa shape index (κ2) is 10.6. The molecule has 0 aliphatic carbocycles. The van der Waals surface area contributed by atoms with Gasteiger partial charge in [0.2, 0.25) is 0 Å². The zero-order chi connectivity index (χ0) is 21.3. The zero-order valence-corrected chi connectivity index (χ0v) is 17.5. The molecule has 3 rings (SSSR count). The Morgan fingerprint density at radius 2 is 2.00 bits per heavy atom. The molecule has 7 heteroatoms. The Hall–Kier alpha value is -3.06. The van der Waals surface area contributed by atoms with Gasteiger partial charge in [0.05, 0.1) is 6.26 Å². The average molecular weight is 412 g/mol. The fourth-order valence-electron chi connectivity index (χ4n) is 3.25. The molecule has 1 saturated heterocycles. The standard InChI is InChI=1S/C23H29N3O4/c1-17(2)8-11-26-12-9-18(10-13-26)24-22(27)16-30-20-6-3-5-19(15-20)25-23(28)21-7-4-14-29-21/h3-8,14-15,18H,9-13,16H2,1-2H3,(H,24,27)(H,25,28). The Bertz CT molecular complexity index is 864. The third-order valence-electron chi connectivity index (χ3n) is 4.92. The van der Waals surface area contributed by atoms with Crippen LogP contribution in [-0.4, -0.2) is 49.0 Å². The highest BCUT2D eigenvalue weighted by Gasteiger charge is 2.20. The molecule has 2 heterocycles. The van der Waals surface area contributed by atoms with Crippen LogP contribution in [0.15, 0.2) is 58.7 Å². The van der Waals surface area contributed by atoms with E-state index in [4.69, 9.17) is 9.15 Å². The zero-order valence-electron chi connectivity index (χ0n) is 17.5. The number of likely N-dealkylation sites (tertiary alicyclic amines) is 1. The molecular formula is C23H29N3O4. The number of nitrogens with one attached hydrogen (secondary N) is 2. The maximum Gasteiger partial charge on any atom is 0.291 e. The summed E-state index contributed by atoms with van der Waals surface area (Å²) in [5, 5.41) is 5.79. The molecule has 2 aromatic rings. The van der Waals surface area contributed by atoms with E-state index in [1.165, 1.54) is 11.8 Å². The molecule has 1 fully saturated rings. The molecular weight excluding hydrogens is 382 g/mol. The van der Waals surface area contributed by atoms with Gasteiger partial charge in [-0.15, -0.1) is 0 Å². The minimum absolute atomic E-state index is 0.0619. The smallest absolute Gasteiger partial charge is 0.291 e. The van der Waals surface area contributed by atoms with Crippen molar-refractivity contribution < 1.29 is 18.7 Å². The van der Waals surface area contributed by atoms with E-state index >= 15 is 0 Å². The van der Waals surface area contributed by atoms with E-state index in [1.807, 2.05) is 0 Å². The number of hydrogen-bond donors (Lipinski definition) is 2. The first kappa shape index (κ1) is 21.6.